The van der Waals surface area contributed by atoms with Crippen molar-refractivity contribution in [2.75, 3.05) is 20.3 Å². The summed E-state index contributed by atoms with van der Waals surface area (Å²) in [6, 6.07) is 8.78. The number of aliphatic hydroxyl groups excluding tert-OH is 1. The monoisotopic (exact) mass is 349 g/mol. The number of hydrogen-bond donors (Lipinski definition) is 2. The summed E-state index contributed by atoms with van der Waals surface area (Å²) in [5.74, 6) is 0. The molecule has 1 aromatic rings. The Morgan fingerprint density at radius 1 is 1.35 bits per heavy atom. The minimum Gasteiger partial charge on any atom is -0.391 e. The highest BCUT2D eigenvalue weighted by Gasteiger charge is 2.06. The molecule has 1 rings (SSSR count). The molecule has 96 valence electrons. The number of methoxy groups -OCH3 is 1. The Balaban J connectivity index is 2.29. The molecule has 0 spiro atoms. The summed E-state index contributed by atoms with van der Waals surface area (Å²) >= 11 is 2.30. The number of benzene rings is 1. The van der Waals surface area contributed by atoms with E-state index in [9.17, 15) is 5.11 Å². The molecule has 3 nitrogen and oxygen atoms in total. The number of rotatable bonds is 7. The highest BCUT2D eigenvalue weighted by molar-refractivity contribution is 14.1. The topological polar surface area (TPSA) is 41.5 Å². The molecule has 0 aromatic heterocycles. The maximum Gasteiger partial charge on any atom is 0.0785 e. The van der Waals surface area contributed by atoms with Gasteiger partial charge in [-0.05, 0) is 60.2 Å². The van der Waals surface area contributed by atoms with Crippen LogP contribution in [-0.4, -0.2) is 31.5 Å². The van der Waals surface area contributed by atoms with E-state index in [-0.39, 0.29) is 6.10 Å². The quantitative estimate of drug-likeness (QED) is 0.743. The normalized spacial score (nSPS) is 14.6. The van der Waals surface area contributed by atoms with Crippen molar-refractivity contribution >= 4 is 22.6 Å². The molecular weight excluding hydrogens is 329 g/mol. The predicted octanol–water partition coefficient (Wildman–Crippen LogP) is 2.34. The zero-order chi connectivity index (χ0) is 12.7. The van der Waals surface area contributed by atoms with Crippen molar-refractivity contribution in [3.8, 4) is 0 Å². The summed E-state index contributed by atoms with van der Waals surface area (Å²) in [6.07, 6.45) is 0.333. The van der Waals surface area contributed by atoms with Crippen LogP contribution >= 0.6 is 22.6 Å². The van der Waals surface area contributed by atoms with Crippen LogP contribution in [0.3, 0.4) is 0 Å². The molecule has 17 heavy (non-hydrogen) atoms. The van der Waals surface area contributed by atoms with E-state index >= 15 is 0 Å². The van der Waals surface area contributed by atoms with E-state index in [1.165, 1.54) is 9.13 Å². The van der Waals surface area contributed by atoms with Crippen LogP contribution in [0.4, 0.5) is 0 Å². The lowest BCUT2D eigenvalue weighted by atomic mass is 10.1. The first-order chi connectivity index (χ1) is 8.13. The summed E-state index contributed by atoms with van der Waals surface area (Å²) in [4.78, 5) is 0. The Bertz CT molecular complexity index is 316. The molecular formula is C13H20INO2. The second kappa shape index (κ2) is 8.02. The predicted molar refractivity (Wildman–Crippen MR) is 78.1 cm³/mol. The lowest BCUT2D eigenvalue weighted by Gasteiger charge is -2.16. The minimum absolute atomic E-state index is 0.307. The van der Waals surface area contributed by atoms with Gasteiger partial charge in [0.25, 0.3) is 0 Å². The van der Waals surface area contributed by atoms with Crippen LogP contribution in [0.1, 0.15) is 24.9 Å². The number of ether oxygens (including phenoxy) is 1. The zero-order valence-corrected chi connectivity index (χ0v) is 12.5. The van der Waals surface area contributed by atoms with Gasteiger partial charge in [-0.2, -0.15) is 0 Å². The summed E-state index contributed by atoms with van der Waals surface area (Å²) < 4.78 is 6.12. The fourth-order valence-corrected chi connectivity index (χ4v) is 1.97. The van der Waals surface area contributed by atoms with Crippen LogP contribution in [0, 0.1) is 3.57 Å². The molecule has 2 N–H and O–H groups in total. The van der Waals surface area contributed by atoms with Gasteiger partial charge in [0, 0.05) is 16.7 Å². The van der Waals surface area contributed by atoms with Crippen LogP contribution in [-0.2, 0) is 4.74 Å². The smallest absolute Gasteiger partial charge is 0.0785 e. The molecule has 0 saturated heterocycles. The second-order valence-electron chi connectivity index (χ2n) is 4.13. The molecule has 2 unspecified atom stereocenters. The van der Waals surface area contributed by atoms with Gasteiger partial charge < -0.3 is 15.2 Å². The number of nitrogens with one attached hydrogen (secondary N) is 1. The van der Waals surface area contributed by atoms with Gasteiger partial charge in [0.15, 0.2) is 0 Å². The molecule has 0 amide bonds. The van der Waals surface area contributed by atoms with Crippen molar-refractivity contribution in [1.82, 2.24) is 5.32 Å². The van der Waals surface area contributed by atoms with E-state index in [2.05, 4.69) is 59.1 Å². The first-order valence-electron chi connectivity index (χ1n) is 5.79. The van der Waals surface area contributed by atoms with Gasteiger partial charge in [-0.3, -0.25) is 0 Å². The first kappa shape index (κ1) is 14.9. The molecule has 4 heteroatoms. The molecule has 0 bridgehead atoms. The van der Waals surface area contributed by atoms with Crippen LogP contribution in [0.25, 0.3) is 0 Å². The Morgan fingerprint density at radius 3 is 2.59 bits per heavy atom. The molecule has 0 aliphatic carbocycles. The third-order valence-electron chi connectivity index (χ3n) is 2.66. The number of hydrogen-bond acceptors (Lipinski definition) is 3. The van der Waals surface area contributed by atoms with Crippen molar-refractivity contribution in [3.05, 3.63) is 33.4 Å². The van der Waals surface area contributed by atoms with Gasteiger partial charge in [0.2, 0.25) is 0 Å². The highest BCUT2D eigenvalue weighted by atomic mass is 127. The Hall–Kier alpha value is -0.170. The Labute approximate surface area is 117 Å². The van der Waals surface area contributed by atoms with Crippen molar-refractivity contribution in [3.63, 3.8) is 0 Å². The fourth-order valence-electron chi connectivity index (χ4n) is 1.61. The maximum absolute atomic E-state index is 9.50. The average Bonchev–Trinajstić information content (AvgIpc) is 2.30. The fraction of sp³-hybridized carbons (Fsp3) is 0.538. The van der Waals surface area contributed by atoms with Crippen LogP contribution in [0.5, 0.6) is 0 Å². The lowest BCUT2D eigenvalue weighted by molar-refractivity contribution is 0.0590. The molecule has 0 radical (unpaired) electrons. The Kier molecular flexibility index (Phi) is 7.03. The molecule has 1 aromatic carbocycles. The van der Waals surface area contributed by atoms with Crippen LogP contribution in [0.2, 0.25) is 0 Å². The Morgan fingerprint density at radius 2 is 2.00 bits per heavy atom. The summed E-state index contributed by atoms with van der Waals surface area (Å²) in [5.41, 5.74) is 1.27. The molecule has 2 atom stereocenters. The average molecular weight is 349 g/mol. The SMILES string of the molecule is COCC(O)CCNC(C)c1ccc(I)cc1. The number of aliphatic hydroxyl groups is 1. The molecule has 0 aliphatic heterocycles. The molecule has 0 heterocycles. The highest BCUT2D eigenvalue weighted by Crippen LogP contribution is 2.14. The van der Waals surface area contributed by atoms with Crippen molar-refractivity contribution in [2.45, 2.75) is 25.5 Å². The third-order valence-corrected chi connectivity index (χ3v) is 3.38. The summed E-state index contributed by atoms with van der Waals surface area (Å²) in [7, 11) is 1.60. The van der Waals surface area contributed by atoms with Crippen LogP contribution in [0.15, 0.2) is 24.3 Å². The van der Waals surface area contributed by atoms with Gasteiger partial charge in [0.1, 0.15) is 0 Å². The lowest BCUT2D eigenvalue weighted by Crippen LogP contribution is -2.25. The van der Waals surface area contributed by atoms with Crippen molar-refractivity contribution in [2.24, 2.45) is 0 Å². The zero-order valence-electron chi connectivity index (χ0n) is 10.3. The second-order valence-corrected chi connectivity index (χ2v) is 5.37. The van der Waals surface area contributed by atoms with Crippen molar-refractivity contribution < 1.29 is 9.84 Å². The first-order valence-corrected chi connectivity index (χ1v) is 6.87. The largest absolute Gasteiger partial charge is 0.391 e. The molecule has 0 saturated carbocycles. The number of halogens is 1. The molecule has 0 aliphatic rings. The summed E-state index contributed by atoms with van der Waals surface area (Å²) in [6.45, 7) is 3.32. The third kappa shape index (κ3) is 5.81. The maximum atomic E-state index is 9.50. The standard InChI is InChI=1S/C13H20INO2/c1-10(11-3-5-12(14)6-4-11)15-8-7-13(16)9-17-2/h3-6,10,13,15-16H,7-9H2,1-2H3. The van der Waals surface area contributed by atoms with Gasteiger partial charge in [0.05, 0.1) is 12.7 Å². The van der Waals surface area contributed by atoms with Gasteiger partial charge in [-0.15, -0.1) is 0 Å². The van der Waals surface area contributed by atoms with Crippen molar-refractivity contribution in [1.29, 1.82) is 0 Å². The van der Waals surface area contributed by atoms with Crippen LogP contribution < -0.4 is 5.32 Å². The van der Waals surface area contributed by atoms with E-state index in [1.807, 2.05) is 0 Å². The van der Waals surface area contributed by atoms with E-state index in [0.29, 0.717) is 19.1 Å². The minimum atomic E-state index is -0.378. The summed E-state index contributed by atoms with van der Waals surface area (Å²) in [5, 5.41) is 12.9. The van der Waals surface area contributed by atoms with Gasteiger partial charge in [-0.25, -0.2) is 0 Å². The van der Waals surface area contributed by atoms with Gasteiger partial charge >= 0.3 is 0 Å². The van der Waals surface area contributed by atoms with Gasteiger partial charge in [-0.1, -0.05) is 12.1 Å². The van der Waals surface area contributed by atoms with E-state index < -0.39 is 0 Å². The van der Waals surface area contributed by atoms with E-state index in [1.54, 1.807) is 7.11 Å². The van der Waals surface area contributed by atoms with E-state index in [0.717, 1.165) is 6.54 Å². The van der Waals surface area contributed by atoms with E-state index in [4.69, 9.17) is 4.74 Å². The molecule has 0 fully saturated rings.